The molecule has 1 nitrogen and oxygen atoms in total. The van der Waals surface area contributed by atoms with Gasteiger partial charge in [-0.15, -0.1) is 6.58 Å². The Hall–Kier alpha value is -0.850. The highest BCUT2D eigenvalue weighted by atomic mass is 16.1. The van der Waals surface area contributed by atoms with Crippen LogP contribution in [0.25, 0.3) is 0 Å². The third-order valence-corrected chi connectivity index (χ3v) is 5.52. The summed E-state index contributed by atoms with van der Waals surface area (Å²) in [5.41, 5.74) is 2.97. The van der Waals surface area contributed by atoms with E-state index >= 15 is 0 Å². The number of hydrogen-bond acceptors (Lipinski definition) is 1. The third kappa shape index (κ3) is 2.70. The molecule has 0 spiro atoms. The molecule has 1 heteroatoms. The van der Waals surface area contributed by atoms with Crippen molar-refractivity contribution in [3.63, 3.8) is 0 Å². The van der Waals surface area contributed by atoms with E-state index < -0.39 is 0 Å². The first kappa shape index (κ1) is 14.6. The average Bonchev–Trinajstić information content (AvgIpc) is 2.30. The van der Waals surface area contributed by atoms with E-state index in [1.807, 2.05) is 6.08 Å². The third-order valence-electron chi connectivity index (χ3n) is 5.52. The predicted molar refractivity (Wildman–Crippen MR) is 80.9 cm³/mol. The molecule has 2 rings (SSSR count). The zero-order valence-electron chi connectivity index (χ0n) is 13.0. The minimum atomic E-state index is 0.200. The van der Waals surface area contributed by atoms with Crippen LogP contribution in [-0.4, -0.2) is 5.78 Å². The lowest BCUT2D eigenvalue weighted by molar-refractivity contribution is -0.120. The van der Waals surface area contributed by atoms with Gasteiger partial charge in [-0.05, 0) is 62.4 Å². The van der Waals surface area contributed by atoms with E-state index in [9.17, 15) is 4.79 Å². The van der Waals surface area contributed by atoms with Gasteiger partial charge in [0.2, 0.25) is 0 Å². The summed E-state index contributed by atoms with van der Waals surface area (Å²) < 4.78 is 0. The Morgan fingerprint density at radius 2 is 2.16 bits per heavy atom. The molecule has 19 heavy (non-hydrogen) atoms. The zero-order chi connectivity index (χ0) is 14.2. The van der Waals surface area contributed by atoms with Crippen molar-refractivity contribution in [2.75, 3.05) is 0 Å². The van der Waals surface area contributed by atoms with Crippen LogP contribution in [-0.2, 0) is 4.79 Å². The Labute approximate surface area is 118 Å². The number of allylic oxidation sites excluding steroid dienone is 3. The molecule has 1 fully saturated rings. The highest BCUT2D eigenvalue weighted by Crippen LogP contribution is 2.55. The molecule has 4 atom stereocenters. The number of rotatable bonds is 3. The summed E-state index contributed by atoms with van der Waals surface area (Å²) in [7, 11) is 0. The predicted octanol–water partition coefficient (Wildman–Crippen LogP) is 4.93. The van der Waals surface area contributed by atoms with E-state index in [4.69, 9.17) is 0 Å². The van der Waals surface area contributed by atoms with Crippen molar-refractivity contribution in [1.82, 2.24) is 0 Å². The molecule has 1 unspecified atom stereocenters. The van der Waals surface area contributed by atoms with Crippen molar-refractivity contribution in [3.05, 3.63) is 23.8 Å². The van der Waals surface area contributed by atoms with Gasteiger partial charge in [0.25, 0.3) is 0 Å². The number of carbonyl (C=O) groups is 1. The van der Waals surface area contributed by atoms with Crippen LogP contribution in [0.1, 0.15) is 59.8 Å². The molecule has 0 saturated heterocycles. The molecule has 0 aliphatic heterocycles. The lowest BCUT2D eigenvalue weighted by Crippen LogP contribution is -2.42. The fourth-order valence-electron chi connectivity index (χ4n) is 4.31. The first-order chi connectivity index (χ1) is 8.84. The summed E-state index contributed by atoms with van der Waals surface area (Å²) in [5.74, 6) is 2.02. The molecule has 106 valence electrons. The molecule has 0 aromatic heterocycles. The van der Waals surface area contributed by atoms with E-state index in [0.717, 1.165) is 25.2 Å². The van der Waals surface area contributed by atoms with Gasteiger partial charge >= 0.3 is 0 Å². The maximum absolute atomic E-state index is 12.0. The maximum atomic E-state index is 12.0. The van der Waals surface area contributed by atoms with Gasteiger partial charge in [0.1, 0.15) is 0 Å². The van der Waals surface area contributed by atoms with Crippen molar-refractivity contribution in [1.29, 1.82) is 0 Å². The summed E-state index contributed by atoms with van der Waals surface area (Å²) in [6.07, 6.45) is 7.74. The minimum Gasteiger partial charge on any atom is -0.295 e. The van der Waals surface area contributed by atoms with Crippen molar-refractivity contribution in [3.8, 4) is 0 Å². The van der Waals surface area contributed by atoms with Crippen LogP contribution in [0.2, 0.25) is 0 Å². The lowest BCUT2D eigenvalue weighted by Gasteiger charge is -2.50. The second-order valence-electron chi connectivity index (χ2n) is 7.21. The Bertz CT molecular complexity index is 417. The van der Waals surface area contributed by atoms with Crippen LogP contribution in [0.15, 0.2) is 23.8 Å². The van der Waals surface area contributed by atoms with Crippen LogP contribution >= 0.6 is 0 Å². The summed E-state index contributed by atoms with van der Waals surface area (Å²) >= 11 is 0. The smallest absolute Gasteiger partial charge is 0.158 e. The quantitative estimate of drug-likeness (QED) is 0.657. The van der Waals surface area contributed by atoms with Crippen molar-refractivity contribution >= 4 is 5.78 Å². The van der Waals surface area contributed by atoms with Crippen LogP contribution in [0, 0.1) is 23.2 Å². The zero-order valence-corrected chi connectivity index (χ0v) is 13.0. The Morgan fingerprint density at radius 3 is 2.79 bits per heavy atom. The summed E-state index contributed by atoms with van der Waals surface area (Å²) in [4.78, 5) is 12.0. The van der Waals surface area contributed by atoms with Gasteiger partial charge in [-0.25, -0.2) is 0 Å². The second-order valence-corrected chi connectivity index (χ2v) is 7.21. The standard InChI is InChI=1S/C18H28O/c1-12(2)6-9-16-13(3)7-8-15-10-17(19)14(4)11-18(15,16)5/h10,13-14,16H,1,6-9,11H2,2-5H3/t13-,14?,16+,18+/m0/s1. The van der Waals surface area contributed by atoms with E-state index in [-0.39, 0.29) is 11.3 Å². The topological polar surface area (TPSA) is 17.1 Å². The Morgan fingerprint density at radius 1 is 1.47 bits per heavy atom. The number of hydrogen-bond donors (Lipinski definition) is 0. The number of carbonyl (C=O) groups excluding carboxylic acids is 1. The van der Waals surface area contributed by atoms with Crippen LogP contribution < -0.4 is 0 Å². The molecule has 2 aliphatic rings. The largest absolute Gasteiger partial charge is 0.295 e. The van der Waals surface area contributed by atoms with Crippen molar-refractivity contribution < 1.29 is 4.79 Å². The molecule has 0 radical (unpaired) electrons. The molecule has 0 aromatic carbocycles. The van der Waals surface area contributed by atoms with Gasteiger partial charge in [-0.3, -0.25) is 4.79 Å². The normalized spacial score (nSPS) is 38.6. The van der Waals surface area contributed by atoms with E-state index in [1.165, 1.54) is 24.0 Å². The van der Waals surface area contributed by atoms with Crippen LogP contribution in [0.5, 0.6) is 0 Å². The number of fused-ring (bicyclic) bond motifs is 1. The molecule has 2 aliphatic carbocycles. The van der Waals surface area contributed by atoms with Crippen molar-refractivity contribution in [2.45, 2.75) is 59.8 Å². The SMILES string of the molecule is C=C(C)CC[C@@H]1[C@@H](C)CCC2=CC(=O)C(C)C[C@]21C. The fraction of sp³-hybridized carbons (Fsp3) is 0.722. The maximum Gasteiger partial charge on any atom is 0.158 e. The minimum absolute atomic E-state index is 0.200. The number of ketones is 1. The highest BCUT2D eigenvalue weighted by Gasteiger charge is 2.46. The van der Waals surface area contributed by atoms with E-state index in [1.54, 1.807) is 0 Å². The summed E-state index contributed by atoms with van der Waals surface area (Å²) in [6, 6.07) is 0. The molecular weight excluding hydrogens is 232 g/mol. The first-order valence-electron chi connectivity index (χ1n) is 7.74. The van der Waals surface area contributed by atoms with E-state index in [0.29, 0.717) is 11.7 Å². The summed E-state index contributed by atoms with van der Waals surface area (Å²) in [5, 5.41) is 0. The monoisotopic (exact) mass is 260 g/mol. The molecule has 0 amide bonds. The van der Waals surface area contributed by atoms with Gasteiger partial charge in [0, 0.05) is 5.92 Å². The van der Waals surface area contributed by atoms with E-state index in [2.05, 4.69) is 34.3 Å². The first-order valence-corrected chi connectivity index (χ1v) is 7.74. The molecular formula is C18H28O. The highest BCUT2D eigenvalue weighted by molar-refractivity contribution is 5.93. The molecule has 0 bridgehead atoms. The summed E-state index contributed by atoms with van der Waals surface area (Å²) in [6.45, 7) is 13.1. The van der Waals surface area contributed by atoms with Gasteiger partial charge in [0.15, 0.2) is 5.78 Å². The Balaban J connectivity index is 2.27. The van der Waals surface area contributed by atoms with Gasteiger partial charge in [-0.1, -0.05) is 31.9 Å². The van der Waals surface area contributed by atoms with Crippen LogP contribution in [0.4, 0.5) is 0 Å². The van der Waals surface area contributed by atoms with Crippen molar-refractivity contribution in [2.24, 2.45) is 23.2 Å². The Kier molecular flexibility index (Phi) is 4.03. The van der Waals surface area contributed by atoms with Crippen LogP contribution in [0.3, 0.4) is 0 Å². The lowest BCUT2D eigenvalue weighted by atomic mass is 9.54. The molecule has 0 aromatic rings. The molecule has 0 N–H and O–H groups in total. The second kappa shape index (κ2) is 5.26. The fourth-order valence-corrected chi connectivity index (χ4v) is 4.31. The van der Waals surface area contributed by atoms with Gasteiger partial charge in [0.05, 0.1) is 0 Å². The van der Waals surface area contributed by atoms with Gasteiger partial charge < -0.3 is 0 Å². The molecule has 1 saturated carbocycles. The average molecular weight is 260 g/mol. The molecule has 0 heterocycles. The van der Waals surface area contributed by atoms with Gasteiger partial charge in [-0.2, -0.15) is 0 Å².